The van der Waals surface area contributed by atoms with E-state index in [1.807, 2.05) is 44.2 Å². The van der Waals surface area contributed by atoms with Crippen LogP contribution < -0.4 is 14.9 Å². The van der Waals surface area contributed by atoms with Crippen LogP contribution >= 0.6 is 0 Å². The average Bonchev–Trinajstić information content (AvgIpc) is 2.55. The van der Waals surface area contributed by atoms with Crippen molar-refractivity contribution in [2.24, 2.45) is 0 Å². The van der Waals surface area contributed by atoms with E-state index in [9.17, 15) is 4.79 Å². The van der Waals surface area contributed by atoms with E-state index in [2.05, 4.69) is 0 Å². The molecule has 0 aliphatic carbocycles. The van der Waals surface area contributed by atoms with Gasteiger partial charge < -0.3 is 13.9 Å². The van der Waals surface area contributed by atoms with Crippen LogP contribution in [0.3, 0.4) is 0 Å². The fraction of sp³-hybridized carbons (Fsp3) is 0.211. The zero-order valence-electron chi connectivity index (χ0n) is 13.3. The molecule has 0 spiro atoms. The van der Waals surface area contributed by atoms with E-state index in [1.54, 1.807) is 19.2 Å². The smallest absolute Gasteiger partial charge is 0.193 e. The molecule has 23 heavy (non-hydrogen) atoms. The van der Waals surface area contributed by atoms with Gasteiger partial charge in [0.05, 0.1) is 18.6 Å². The molecule has 1 aromatic heterocycles. The second kappa shape index (κ2) is 6.16. The predicted octanol–water partition coefficient (Wildman–Crippen LogP) is 4.26. The van der Waals surface area contributed by atoms with Crippen molar-refractivity contribution in [1.82, 2.24) is 0 Å². The summed E-state index contributed by atoms with van der Waals surface area (Å²) in [6.07, 6.45) is 0.0538. The van der Waals surface area contributed by atoms with E-state index < -0.39 is 0 Å². The van der Waals surface area contributed by atoms with E-state index >= 15 is 0 Å². The first-order valence-electron chi connectivity index (χ1n) is 7.46. The Labute approximate surface area is 134 Å². The summed E-state index contributed by atoms with van der Waals surface area (Å²) in [7, 11) is 1.61. The van der Waals surface area contributed by atoms with Crippen LogP contribution in [0, 0.1) is 0 Å². The first-order chi connectivity index (χ1) is 11.1. The lowest BCUT2D eigenvalue weighted by Crippen LogP contribution is -2.06. The quantitative estimate of drug-likeness (QED) is 0.722. The third kappa shape index (κ3) is 3.21. The van der Waals surface area contributed by atoms with Crippen LogP contribution in [0.5, 0.6) is 11.5 Å². The van der Waals surface area contributed by atoms with Gasteiger partial charge in [0, 0.05) is 11.6 Å². The summed E-state index contributed by atoms with van der Waals surface area (Å²) in [5, 5.41) is 0.514. The Morgan fingerprint density at radius 2 is 1.65 bits per heavy atom. The summed E-state index contributed by atoms with van der Waals surface area (Å²) in [4.78, 5) is 12.4. The molecule has 0 saturated carbocycles. The van der Waals surface area contributed by atoms with Crippen LogP contribution in [0.1, 0.15) is 13.8 Å². The molecule has 0 N–H and O–H groups in total. The van der Waals surface area contributed by atoms with Crippen LogP contribution in [0.25, 0.3) is 22.3 Å². The Bertz CT molecular complexity index is 876. The topological polar surface area (TPSA) is 48.7 Å². The molecular weight excluding hydrogens is 292 g/mol. The van der Waals surface area contributed by atoms with Crippen molar-refractivity contribution in [3.63, 3.8) is 0 Å². The second-order valence-corrected chi connectivity index (χ2v) is 5.53. The van der Waals surface area contributed by atoms with Crippen molar-refractivity contribution in [2.75, 3.05) is 7.11 Å². The normalized spacial score (nSPS) is 11.0. The maximum Gasteiger partial charge on any atom is 0.193 e. The minimum atomic E-state index is -0.0914. The van der Waals surface area contributed by atoms with Crippen molar-refractivity contribution in [1.29, 1.82) is 0 Å². The third-order valence-corrected chi connectivity index (χ3v) is 3.44. The van der Waals surface area contributed by atoms with Gasteiger partial charge in [0.2, 0.25) is 0 Å². The molecule has 0 atom stereocenters. The number of benzene rings is 2. The van der Waals surface area contributed by atoms with Crippen molar-refractivity contribution in [3.8, 4) is 22.8 Å². The van der Waals surface area contributed by atoms with E-state index in [0.29, 0.717) is 22.5 Å². The summed E-state index contributed by atoms with van der Waals surface area (Å²) >= 11 is 0. The van der Waals surface area contributed by atoms with Gasteiger partial charge in [0.15, 0.2) is 5.43 Å². The number of hydrogen-bond donors (Lipinski definition) is 0. The molecule has 4 nitrogen and oxygen atoms in total. The highest BCUT2D eigenvalue weighted by molar-refractivity contribution is 5.80. The molecule has 2 aromatic carbocycles. The molecule has 0 bridgehead atoms. The minimum Gasteiger partial charge on any atom is -0.497 e. The number of ether oxygens (including phenoxy) is 2. The third-order valence-electron chi connectivity index (χ3n) is 3.44. The Balaban J connectivity index is 2.05. The van der Waals surface area contributed by atoms with E-state index in [1.165, 1.54) is 6.07 Å². The number of rotatable bonds is 4. The average molecular weight is 310 g/mol. The van der Waals surface area contributed by atoms with Crippen molar-refractivity contribution >= 4 is 11.0 Å². The minimum absolute atomic E-state index is 0.0538. The largest absolute Gasteiger partial charge is 0.497 e. The molecule has 0 aliphatic rings. The highest BCUT2D eigenvalue weighted by Crippen LogP contribution is 2.26. The molecular formula is C19H18O4. The van der Waals surface area contributed by atoms with Gasteiger partial charge in [-0.25, -0.2) is 0 Å². The van der Waals surface area contributed by atoms with Crippen LogP contribution in [0.2, 0.25) is 0 Å². The van der Waals surface area contributed by atoms with Gasteiger partial charge in [-0.1, -0.05) is 0 Å². The number of hydrogen-bond acceptors (Lipinski definition) is 4. The molecule has 3 rings (SSSR count). The molecule has 1 heterocycles. The Hall–Kier alpha value is -2.75. The zero-order valence-corrected chi connectivity index (χ0v) is 13.3. The fourth-order valence-corrected chi connectivity index (χ4v) is 2.38. The lowest BCUT2D eigenvalue weighted by Gasteiger charge is -2.10. The maximum atomic E-state index is 12.4. The summed E-state index contributed by atoms with van der Waals surface area (Å²) in [6, 6.07) is 14.2. The summed E-state index contributed by atoms with van der Waals surface area (Å²) in [5.41, 5.74) is 1.28. The molecule has 0 aliphatic heterocycles. The highest BCUT2D eigenvalue weighted by atomic mass is 16.5. The van der Waals surface area contributed by atoms with Crippen molar-refractivity contribution in [2.45, 2.75) is 20.0 Å². The Kier molecular flexibility index (Phi) is 4.06. The molecule has 0 radical (unpaired) electrons. The van der Waals surface area contributed by atoms with E-state index in [4.69, 9.17) is 13.9 Å². The predicted molar refractivity (Wildman–Crippen MR) is 90.2 cm³/mol. The van der Waals surface area contributed by atoms with Gasteiger partial charge >= 0.3 is 0 Å². The Morgan fingerprint density at radius 3 is 2.30 bits per heavy atom. The van der Waals surface area contributed by atoms with E-state index in [0.717, 1.165) is 11.3 Å². The monoisotopic (exact) mass is 310 g/mol. The second-order valence-electron chi connectivity index (χ2n) is 5.53. The SMILES string of the molecule is COc1ccc(-c2cc(=O)c3cc(OC(C)C)ccc3o2)cc1. The van der Waals surface area contributed by atoms with Gasteiger partial charge in [-0.2, -0.15) is 0 Å². The van der Waals surface area contributed by atoms with Gasteiger partial charge in [-0.15, -0.1) is 0 Å². The maximum absolute atomic E-state index is 12.4. The van der Waals surface area contributed by atoms with Crippen molar-refractivity contribution in [3.05, 3.63) is 58.8 Å². The molecule has 118 valence electrons. The molecule has 0 fully saturated rings. The first-order valence-corrected chi connectivity index (χ1v) is 7.46. The molecule has 4 heteroatoms. The molecule has 0 unspecified atom stereocenters. The lowest BCUT2D eigenvalue weighted by molar-refractivity contribution is 0.242. The summed E-state index contributed by atoms with van der Waals surface area (Å²) in [6.45, 7) is 3.89. The summed E-state index contributed by atoms with van der Waals surface area (Å²) < 4.78 is 16.6. The highest BCUT2D eigenvalue weighted by Gasteiger charge is 2.09. The molecule has 3 aromatic rings. The van der Waals surface area contributed by atoms with Crippen LogP contribution in [-0.2, 0) is 0 Å². The van der Waals surface area contributed by atoms with Crippen molar-refractivity contribution < 1.29 is 13.9 Å². The first kappa shape index (κ1) is 15.2. The van der Waals surface area contributed by atoms with Gasteiger partial charge in [0.1, 0.15) is 22.8 Å². The van der Waals surface area contributed by atoms with Crippen LogP contribution in [0.15, 0.2) is 57.7 Å². The fourth-order valence-electron chi connectivity index (χ4n) is 2.38. The number of fused-ring (bicyclic) bond motifs is 1. The number of methoxy groups -OCH3 is 1. The molecule has 0 amide bonds. The Morgan fingerprint density at radius 1 is 0.957 bits per heavy atom. The van der Waals surface area contributed by atoms with Gasteiger partial charge in [-0.3, -0.25) is 4.79 Å². The zero-order chi connectivity index (χ0) is 16.4. The van der Waals surface area contributed by atoms with Crippen LogP contribution in [0.4, 0.5) is 0 Å². The lowest BCUT2D eigenvalue weighted by atomic mass is 10.1. The van der Waals surface area contributed by atoms with Gasteiger partial charge in [0.25, 0.3) is 0 Å². The van der Waals surface area contributed by atoms with Gasteiger partial charge in [-0.05, 0) is 56.3 Å². The molecule has 0 saturated heterocycles. The standard InChI is InChI=1S/C19H18O4/c1-12(2)22-15-8-9-18-16(10-15)17(20)11-19(23-18)13-4-6-14(21-3)7-5-13/h4-12H,1-3H3. The summed E-state index contributed by atoms with van der Waals surface area (Å²) in [5.74, 6) is 1.95. The van der Waals surface area contributed by atoms with E-state index in [-0.39, 0.29) is 11.5 Å². The van der Waals surface area contributed by atoms with Crippen LogP contribution in [-0.4, -0.2) is 13.2 Å².